The zero-order valence-corrected chi connectivity index (χ0v) is 13.0. The number of nitrogens with zero attached hydrogens (tertiary/aromatic N) is 1. The molecule has 0 unspecified atom stereocenters. The van der Waals surface area contributed by atoms with Crippen LogP contribution in [0.25, 0.3) is 6.08 Å². The zero-order valence-electron chi connectivity index (χ0n) is 11.4. The van der Waals surface area contributed by atoms with E-state index < -0.39 is 5.91 Å². The molecule has 0 aliphatic heterocycles. The highest BCUT2D eigenvalue weighted by Gasteiger charge is 2.10. The molecule has 4 heteroatoms. The van der Waals surface area contributed by atoms with Crippen molar-refractivity contribution in [2.75, 3.05) is 5.32 Å². The number of para-hydroxylation sites is 1. The van der Waals surface area contributed by atoms with Crippen LogP contribution in [0.4, 0.5) is 5.69 Å². The van der Waals surface area contributed by atoms with Gasteiger partial charge in [0.15, 0.2) is 0 Å². The number of anilines is 1. The van der Waals surface area contributed by atoms with E-state index in [2.05, 4.69) is 21.2 Å². The van der Waals surface area contributed by atoms with Crippen LogP contribution in [-0.4, -0.2) is 5.91 Å². The van der Waals surface area contributed by atoms with E-state index in [1.807, 2.05) is 61.5 Å². The van der Waals surface area contributed by atoms with Gasteiger partial charge in [0, 0.05) is 10.2 Å². The number of hydrogen-bond donors (Lipinski definition) is 1. The summed E-state index contributed by atoms with van der Waals surface area (Å²) in [6.07, 6.45) is 1.57. The van der Waals surface area contributed by atoms with E-state index in [1.165, 1.54) is 0 Å². The Morgan fingerprint density at radius 1 is 1.19 bits per heavy atom. The summed E-state index contributed by atoms with van der Waals surface area (Å²) in [6, 6.07) is 16.8. The van der Waals surface area contributed by atoms with Gasteiger partial charge >= 0.3 is 0 Å². The number of nitrogens with one attached hydrogen (secondary N) is 1. The molecule has 0 radical (unpaired) electrons. The van der Waals surface area contributed by atoms with Crippen LogP contribution in [0, 0.1) is 18.3 Å². The number of carbonyl (C=O) groups excluding carboxylic acids is 1. The van der Waals surface area contributed by atoms with Crippen molar-refractivity contribution in [1.82, 2.24) is 0 Å². The lowest BCUT2D eigenvalue weighted by Crippen LogP contribution is -2.14. The highest BCUT2D eigenvalue weighted by atomic mass is 79.9. The zero-order chi connectivity index (χ0) is 15.2. The number of nitriles is 1. The van der Waals surface area contributed by atoms with Crippen molar-refractivity contribution in [3.8, 4) is 6.07 Å². The maximum atomic E-state index is 12.2. The first-order chi connectivity index (χ1) is 10.1. The van der Waals surface area contributed by atoms with Crippen LogP contribution in [0.1, 0.15) is 11.1 Å². The van der Waals surface area contributed by atoms with Gasteiger partial charge in [-0.25, -0.2) is 0 Å². The number of rotatable bonds is 3. The second-order valence-corrected chi connectivity index (χ2v) is 5.41. The van der Waals surface area contributed by atoms with Gasteiger partial charge in [-0.15, -0.1) is 0 Å². The molecule has 0 bridgehead atoms. The molecule has 0 saturated heterocycles. The molecule has 0 atom stereocenters. The number of amides is 1. The summed E-state index contributed by atoms with van der Waals surface area (Å²) in [7, 11) is 0. The highest BCUT2D eigenvalue weighted by molar-refractivity contribution is 9.10. The predicted molar refractivity (Wildman–Crippen MR) is 87.5 cm³/mol. The summed E-state index contributed by atoms with van der Waals surface area (Å²) in [4.78, 5) is 12.2. The van der Waals surface area contributed by atoms with Crippen LogP contribution in [0.2, 0.25) is 0 Å². The van der Waals surface area contributed by atoms with Crippen LogP contribution in [0.3, 0.4) is 0 Å². The van der Waals surface area contributed by atoms with Gasteiger partial charge in [-0.05, 0) is 42.3 Å². The Hall–Kier alpha value is -2.38. The van der Waals surface area contributed by atoms with Gasteiger partial charge in [-0.3, -0.25) is 4.79 Å². The van der Waals surface area contributed by atoms with Crippen molar-refractivity contribution < 1.29 is 4.79 Å². The Balaban J connectivity index is 2.21. The molecule has 0 aliphatic carbocycles. The molecule has 0 fully saturated rings. The number of hydrogen-bond acceptors (Lipinski definition) is 2. The molecule has 2 aromatic carbocycles. The van der Waals surface area contributed by atoms with Crippen molar-refractivity contribution >= 4 is 33.6 Å². The third kappa shape index (κ3) is 4.04. The maximum Gasteiger partial charge on any atom is 0.266 e. The number of carbonyl (C=O) groups is 1. The second-order valence-electron chi connectivity index (χ2n) is 4.49. The van der Waals surface area contributed by atoms with Crippen molar-refractivity contribution in [3.63, 3.8) is 0 Å². The minimum Gasteiger partial charge on any atom is -0.321 e. The van der Waals surface area contributed by atoms with Crippen molar-refractivity contribution in [2.45, 2.75) is 6.92 Å². The lowest BCUT2D eigenvalue weighted by molar-refractivity contribution is -0.112. The standard InChI is InChI=1S/C17H13BrN2O/c1-12-4-2-3-5-16(12)20-17(21)14(11-19)10-13-6-8-15(18)9-7-13/h2-10H,1H3,(H,20,21)/b14-10-. The molecule has 3 nitrogen and oxygen atoms in total. The van der Waals surface area contributed by atoms with E-state index >= 15 is 0 Å². The van der Waals surface area contributed by atoms with Gasteiger partial charge in [-0.2, -0.15) is 5.26 Å². The van der Waals surface area contributed by atoms with E-state index in [1.54, 1.807) is 6.08 Å². The minimum absolute atomic E-state index is 0.0700. The maximum absolute atomic E-state index is 12.2. The fraction of sp³-hybridized carbons (Fsp3) is 0.0588. The average molecular weight is 341 g/mol. The lowest BCUT2D eigenvalue weighted by atomic mass is 10.1. The van der Waals surface area contributed by atoms with Crippen LogP contribution in [0.15, 0.2) is 58.6 Å². The fourth-order valence-corrected chi connectivity index (χ4v) is 2.04. The van der Waals surface area contributed by atoms with Gasteiger partial charge < -0.3 is 5.32 Å². The van der Waals surface area contributed by atoms with Crippen LogP contribution >= 0.6 is 15.9 Å². The fourth-order valence-electron chi connectivity index (χ4n) is 1.78. The lowest BCUT2D eigenvalue weighted by Gasteiger charge is -2.07. The van der Waals surface area contributed by atoms with E-state index in [-0.39, 0.29) is 5.57 Å². The monoisotopic (exact) mass is 340 g/mol. The average Bonchev–Trinajstić information content (AvgIpc) is 2.49. The van der Waals surface area contributed by atoms with Crippen LogP contribution in [0.5, 0.6) is 0 Å². The van der Waals surface area contributed by atoms with E-state index in [0.717, 1.165) is 15.6 Å². The predicted octanol–water partition coefficient (Wildman–Crippen LogP) is 4.30. The third-order valence-electron chi connectivity index (χ3n) is 2.94. The topological polar surface area (TPSA) is 52.9 Å². The largest absolute Gasteiger partial charge is 0.321 e. The summed E-state index contributed by atoms with van der Waals surface area (Å²) in [5.41, 5.74) is 2.53. The van der Waals surface area contributed by atoms with Gasteiger partial charge in [0.05, 0.1) is 0 Å². The summed E-state index contributed by atoms with van der Waals surface area (Å²) in [5, 5.41) is 11.9. The minimum atomic E-state index is -0.408. The van der Waals surface area contributed by atoms with Crippen molar-refractivity contribution in [3.05, 3.63) is 69.7 Å². The quantitative estimate of drug-likeness (QED) is 0.668. The molecule has 104 valence electrons. The van der Waals surface area contributed by atoms with E-state index in [4.69, 9.17) is 0 Å². The summed E-state index contributed by atoms with van der Waals surface area (Å²) in [5.74, 6) is -0.408. The first kappa shape index (κ1) is 15.0. The molecule has 1 N–H and O–H groups in total. The molecule has 0 heterocycles. The van der Waals surface area contributed by atoms with E-state index in [9.17, 15) is 10.1 Å². The van der Waals surface area contributed by atoms with Crippen LogP contribution < -0.4 is 5.32 Å². The number of aryl methyl sites for hydroxylation is 1. The first-order valence-corrected chi connectivity index (χ1v) is 7.14. The Kier molecular flexibility index (Phi) is 4.91. The summed E-state index contributed by atoms with van der Waals surface area (Å²) in [6.45, 7) is 1.90. The SMILES string of the molecule is Cc1ccccc1NC(=O)/C(C#N)=C\c1ccc(Br)cc1. The van der Waals surface area contributed by atoms with Gasteiger partial charge in [-0.1, -0.05) is 46.3 Å². The Morgan fingerprint density at radius 3 is 2.48 bits per heavy atom. The highest BCUT2D eigenvalue weighted by Crippen LogP contribution is 2.16. The number of halogens is 1. The third-order valence-corrected chi connectivity index (χ3v) is 3.47. The molecule has 0 aromatic heterocycles. The smallest absolute Gasteiger partial charge is 0.266 e. The molecule has 0 saturated carbocycles. The van der Waals surface area contributed by atoms with Crippen molar-refractivity contribution in [1.29, 1.82) is 5.26 Å². The van der Waals surface area contributed by atoms with Gasteiger partial charge in [0.25, 0.3) is 5.91 Å². The van der Waals surface area contributed by atoms with E-state index in [0.29, 0.717) is 5.69 Å². The first-order valence-electron chi connectivity index (χ1n) is 6.34. The van der Waals surface area contributed by atoms with Crippen LogP contribution in [-0.2, 0) is 4.79 Å². The number of benzene rings is 2. The molecule has 21 heavy (non-hydrogen) atoms. The molecule has 0 spiro atoms. The Morgan fingerprint density at radius 2 is 1.86 bits per heavy atom. The molecular formula is C17H13BrN2O. The molecular weight excluding hydrogens is 328 g/mol. The van der Waals surface area contributed by atoms with Gasteiger partial charge in [0.1, 0.15) is 11.6 Å². The molecule has 0 aliphatic rings. The summed E-state index contributed by atoms with van der Waals surface area (Å²) >= 11 is 3.34. The molecule has 1 amide bonds. The van der Waals surface area contributed by atoms with Gasteiger partial charge in [0.2, 0.25) is 0 Å². The second kappa shape index (κ2) is 6.87. The Bertz CT molecular complexity index is 727. The summed E-state index contributed by atoms with van der Waals surface area (Å²) < 4.78 is 0.947. The normalized spacial score (nSPS) is 10.8. The Labute approximate surface area is 132 Å². The molecule has 2 rings (SSSR count). The molecule has 2 aromatic rings. The van der Waals surface area contributed by atoms with Crippen molar-refractivity contribution in [2.24, 2.45) is 0 Å².